The number of carbonyl (C=O) groups excluding carboxylic acids is 3. The van der Waals surface area contributed by atoms with Gasteiger partial charge in [-0.25, -0.2) is 0 Å². The van der Waals surface area contributed by atoms with Gasteiger partial charge in [0.25, 0.3) is 5.91 Å². The molecule has 3 atom stereocenters. The highest BCUT2D eigenvalue weighted by atomic mass is 16.3. The fourth-order valence-corrected chi connectivity index (χ4v) is 4.77. The summed E-state index contributed by atoms with van der Waals surface area (Å²) in [4.78, 5) is 37.4. The first-order valence-electron chi connectivity index (χ1n) is 8.87. The Kier molecular flexibility index (Phi) is 3.70. The van der Waals surface area contributed by atoms with Gasteiger partial charge in [0.15, 0.2) is 11.4 Å². The van der Waals surface area contributed by atoms with E-state index in [2.05, 4.69) is 0 Å². The van der Waals surface area contributed by atoms with Crippen LogP contribution >= 0.6 is 0 Å². The summed E-state index contributed by atoms with van der Waals surface area (Å²) in [6.45, 7) is 1.80. The number of fused-ring (bicyclic) bond motifs is 3. The summed E-state index contributed by atoms with van der Waals surface area (Å²) in [7, 11) is 0. The van der Waals surface area contributed by atoms with E-state index >= 15 is 0 Å². The average molecular weight is 385 g/mol. The van der Waals surface area contributed by atoms with Gasteiger partial charge in [0.1, 0.15) is 22.8 Å². The third-order valence-electron chi connectivity index (χ3n) is 6.18. The molecule has 8 nitrogen and oxygen atoms in total. The molecule has 146 valence electrons. The van der Waals surface area contributed by atoms with Crippen molar-refractivity contribution in [2.45, 2.75) is 31.8 Å². The molecule has 3 aliphatic carbocycles. The Morgan fingerprint density at radius 3 is 2.50 bits per heavy atom. The van der Waals surface area contributed by atoms with Gasteiger partial charge in [0.05, 0.1) is 5.56 Å². The lowest BCUT2D eigenvalue weighted by molar-refractivity contribution is -0.144. The number of phenols is 1. The number of aromatic hydroxyl groups is 1. The molecule has 0 saturated heterocycles. The number of allylic oxidation sites excluding steroid dienone is 2. The van der Waals surface area contributed by atoms with Crippen LogP contribution in [0.25, 0.3) is 0 Å². The second kappa shape index (κ2) is 5.68. The van der Waals surface area contributed by atoms with E-state index < -0.39 is 52.0 Å². The van der Waals surface area contributed by atoms with Crippen LogP contribution in [0.2, 0.25) is 0 Å². The summed E-state index contributed by atoms with van der Waals surface area (Å²) in [6, 6.07) is 3.06. The van der Waals surface area contributed by atoms with Crippen molar-refractivity contribution >= 4 is 17.5 Å². The van der Waals surface area contributed by atoms with Crippen LogP contribution in [0.4, 0.5) is 0 Å². The van der Waals surface area contributed by atoms with E-state index in [-0.39, 0.29) is 29.7 Å². The molecule has 0 spiro atoms. The molecule has 0 bridgehead atoms. The van der Waals surface area contributed by atoms with Crippen molar-refractivity contribution in [3.8, 4) is 5.75 Å². The molecule has 4 rings (SSSR count). The number of Topliss-reactive ketones (excluding diaryl/α,β-unsaturated/α-hetero) is 2. The number of ketones is 2. The molecule has 3 aliphatic rings. The van der Waals surface area contributed by atoms with Gasteiger partial charge in [-0.1, -0.05) is 6.07 Å². The number of benzene rings is 1. The number of nitrogens with two attached hydrogens (primary N) is 1. The predicted octanol–water partition coefficient (Wildman–Crippen LogP) is 0.889. The van der Waals surface area contributed by atoms with E-state index in [9.17, 15) is 34.8 Å². The van der Waals surface area contributed by atoms with Gasteiger partial charge in [-0.3, -0.25) is 14.4 Å². The molecule has 0 heterocycles. The van der Waals surface area contributed by atoms with Gasteiger partial charge in [0, 0.05) is 17.9 Å². The van der Waals surface area contributed by atoms with Gasteiger partial charge in [-0.15, -0.1) is 0 Å². The minimum absolute atomic E-state index is 0.0385. The minimum atomic E-state index is -2.52. The van der Waals surface area contributed by atoms with Crippen LogP contribution in [-0.4, -0.2) is 43.5 Å². The molecule has 8 heteroatoms. The summed E-state index contributed by atoms with van der Waals surface area (Å²) in [5.74, 6) is -6.12. The Balaban J connectivity index is 1.93. The maximum atomic E-state index is 13.1. The number of hydrogen-bond donors (Lipinski definition) is 5. The quantitative estimate of drug-likeness (QED) is 0.449. The zero-order valence-electron chi connectivity index (χ0n) is 15.0. The zero-order chi connectivity index (χ0) is 20.5. The Bertz CT molecular complexity index is 1040. The van der Waals surface area contributed by atoms with Crippen molar-refractivity contribution in [3.63, 3.8) is 0 Å². The van der Waals surface area contributed by atoms with Crippen molar-refractivity contribution in [2.75, 3.05) is 0 Å². The van der Waals surface area contributed by atoms with Crippen molar-refractivity contribution in [2.24, 2.45) is 17.6 Å². The van der Waals surface area contributed by atoms with Crippen molar-refractivity contribution in [3.05, 3.63) is 51.5 Å². The van der Waals surface area contributed by atoms with Crippen LogP contribution < -0.4 is 5.73 Å². The van der Waals surface area contributed by atoms with Crippen molar-refractivity contribution < 1.29 is 34.8 Å². The van der Waals surface area contributed by atoms with Crippen LogP contribution in [0, 0.1) is 18.8 Å². The van der Waals surface area contributed by atoms with Gasteiger partial charge < -0.3 is 26.2 Å². The zero-order valence-corrected chi connectivity index (χ0v) is 15.0. The molecule has 0 aliphatic heterocycles. The van der Waals surface area contributed by atoms with Gasteiger partial charge in [0.2, 0.25) is 5.78 Å². The maximum Gasteiger partial charge on any atom is 0.255 e. The van der Waals surface area contributed by atoms with Crippen LogP contribution in [0.5, 0.6) is 5.75 Å². The summed E-state index contributed by atoms with van der Waals surface area (Å²) in [5, 5.41) is 42.1. The lowest BCUT2D eigenvalue weighted by Gasteiger charge is -2.45. The lowest BCUT2D eigenvalue weighted by Crippen LogP contribution is -2.57. The highest BCUT2D eigenvalue weighted by Gasteiger charge is 2.59. The fraction of sp³-hybridized carbons (Fsp3) is 0.350. The molecule has 0 aromatic heterocycles. The standard InChI is InChI=1S/C20H19NO7/c1-7-2-3-11(22)14-10(7)5-8-4-9-6-12(23)15(19(21)27)18(26)20(9,28)17(25)13(8)16(14)24/h2-3,8-9,22-23,25,28H,4-6H2,1H3,(H2,21,27)/t8?,9?,20-/m0/s1. The topological polar surface area (TPSA) is 158 Å². The Hall–Kier alpha value is -3.13. The maximum absolute atomic E-state index is 13.1. The first-order valence-corrected chi connectivity index (χ1v) is 8.87. The van der Waals surface area contributed by atoms with E-state index in [1.807, 2.05) is 0 Å². The van der Waals surface area contributed by atoms with Gasteiger partial charge in [-0.2, -0.15) is 0 Å². The lowest BCUT2D eigenvalue weighted by atomic mass is 9.60. The van der Waals surface area contributed by atoms with Crippen LogP contribution in [0.3, 0.4) is 0 Å². The highest BCUT2D eigenvalue weighted by Crippen LogP contribution is 2.51. The molecule has 0 fully saturated rings. The van der Waals surface area contributed by atoms with Crippen LogP contribution in [0.15, 0.2) is 34.8 Å². The number of primary amides is 1. The molecule has 0 saturated carbocycles. The summed E-state index contributed by atoms with van der Waals surface area (Å²) in [6.07, 6.45) is 0.237. The third kappa shape index (κ3) is 2.12. The van der Waals surface area contributed by atoms with E-state index in [0.717, 1.165) is 5.56 Å². The molecular weight excluding hydrogens is 366 g/mol. The first kappa shape index (κ1) is 18.2. The number of aliphatic hydroxyl groups is 3. The second-order valence-corrected chi connectivity index (χ2v) is 7.67. The van der Waals surface area contributed by atoms with Crippen molar-refractivity contribution in [1.29, 1.82) is 0 Å². The van der Waals surface area contributed by atoms with Gasteiger partial charge in [-0.05, 0) is 42.9 Å². The number of hydrogen-bond acceptors (Lipinski definition) is 7. The summed E-state index contributed by atoms with van der Waals surface area (Å²) in [5.41, 5.74) is 3.20. The average Bonchev–Trinajstić information content (AvgIpc) is 2.61. The molecule has 1 aromatic carbocycles. The fourth-order valence-electron chi connectivity index (χ4n) is 4.77. The van der Waals surface area contributed by atoms with E-state index in [0.29, 0.717) is 12.0 Å². The second-order valence-electron chi connectivity index (χ2n) is 7.67. The summed E-state index contributed by atoms with van der Waals surface area (Å²) >= 11 is 0. The SMILES string of the molecule is Cc1ccc(O)c2c1CC1CC3CC(O)=C(C(N)=O)C(=O)[C@@]3(O)C(O)=C1C2=O. The van der Waals surface area contributed by atoms with E-state index in [4.69, 9.17) is 5.73 Å². The van der Waals surface area contributed by atoms with E-state index in [1.54, 1.807) is 13.0 Å². The summed E-state index contributed by atoms with van der Waals surface area (Å²) < 4.78 is 0. The first-order chi connectivity index (χ1) is 13.1. The molecule has 2 unspecified atom stereocenters. The normalized spacial score (nSPS) is 29.4. The number of rotatable bonds is 1. The molecule has 1 amide bonds. The number of carbonyl (C=O) groups is 3. The minimum Gasteiger partial charge on any atom is -0.511 e. The van der Waals surface area contributed by atoms with Crippen molar-refractivity contribution in [1.82, 2.24) is 0 Å². The number of phenolic OH excluding ortho intramolecular Hbond substituents is 1. The third-order valence-corrected chi connectivity index (χ3v) is 6.18. The number of aryl methyl sites for hydroxylation is 1. The Labute approximate surface area is 159 Å². The van der Waals surface area contributed by atoms with E-state index in [1.165, 1.54) is 6.07 Å². The largest absolute Gasteiger partial charge is 0.511 e. The smallest absolute Gasteiger partial charge is 0.255 e. The molecule has 0 radical (unpaired) electrons. The Morgan fingerprint density at radius 2 is 1.86 bits per heavy atom. The van der Waals surface area contributed by atoms with Gasteiger partial charge >= 0.3 is 0 Å². The molecule has 1 aromatic rings. The predicted molar refractivity (Wildman–Crippen MR) is 95.6 cm³/mol. The molecular formula is C20H19NO7. The molecule has 6 N–H and O–H groups in total. The monoisotopic (exact) mass is 385 g/mol. The Morgan fingerprint density at radius 1 is 1.18 bits per heavy atom. The number of aliphatic hydroxyl groups excluding tert-OH is 2. The molecule has 28 heavy (non-hydrogen) atoms. The number of amides is 1. The van der Waals surface area contributed by atoms with Crippen LogP contribution in [-0.2, 0) is 16.0 Å². The van der Waals surface area contributed by atoms with Crippen LogP contribution in [0.1, 0.15) is 34.3 Å². The highest BCUT2D eigenvalue weighted by molar-refractivity contribution is 6.24.